The molecule has 0 bridgehead atoms. The van der Waals surface area contributed by atoms with Crippen LogP contribution in [-0.2, 0) is 0 Å². The van der Waals surface area contributed by atoms with Gasteiger partial charge in [-0.25, -0.2) is 4.39 Å². The first-order valence-electron chi connectivity index (χ1n) is 4.82. The standard InChI is InChI=1S/C11H15FINO.ClH/c1-6(2)11(15)10(14)8-5-7(13)3-4-9(8)12;/h3-6,10-11,15H,14H2,1-2H3;1H/t10-,11+;/m0./s1. The largest absolute Gasteiger partial charge is 0.391 e. The summed E-state index contributed by atoms with van der Waals surface area (Å²) in [6, 6.07) is 4.06. The number of hydrogen-bond acceptors (Lipinski definition) is 2. The predicted molar refractivity (Wildman–Crippen MR) is 74.1 cm³/mol. The van der Waals surface area contributed by atoms with Crippen LogP contribution >= 0.6 is 35.0 Å². The smallest absolute Gasteiger partial charge is 0.128 e. The van der Waals surface area contributed by atoms with E-state index in [0.29, 0.717) is 5.56 Å². The lowest BCUT2D eigenvalue weighted by Gasteiger charge is -2.22. The van der Waals surface area contributed by atoms with E-state index < -0.39 is 12.1 Å². The van der Waals surface area contributed by atoms with Gasteiger partial charge in [-0.15, -0.1) is 12.4 Å². The Labute approximate surface area is 115 Å². The van der Waals surface area contributed by atoms with E-state index in [4.69, 9.17) is 5.73 Å². The molecule has 0 aliphatic carbocycles. The van der Waals surface area contributed by atoms with Gasteiger partial charge in [0.2, 0.25) is 0 Å². The quantitative estimate of drug-likeness (QED) is 0.815. The highest BCUT2D eigenvalue weighted by Crippen LogP contribution is 2.23. The van der Waals surface area contributed by atoms with Crippen LogP contribution in [0.2, 0.25) is 0 Å². The zero-order valence-corrected chi connectivity index (χ0v) is 12.1. The number of nitrogens with two attached hydrogens (primary N) is 1. The highest BCUT2D eigenvalue weighted by Gasteiger charge is 2.22. The Bertz CT molecular complexity index is 349. The molecule has 1 aromatic rings. The van der Waals surface area contributed by atoms with Crippen molar-refractivity contribution in [1.29, 1.82) is 0 Å². The van der Waals surface area contributed by atoms with Crippen LogP contribution in [0, 0.1) is 15.3 Å². The molecule has 2 nitrogen and oxygen atoms in total. The number of rotatable bonds is 3. The minimum atomic E-state index is -0.724. The van der Waals surface area contributed by atoms with Crippen molar-refractivity contribution in [3.63, 3.8) is 0 Å². The molecule has 0 aliphatic rings. The van der Waals surface area contributed by atoms with E-state index in [1.165, 1.54) is 6.07 Å². The third kappa shape index (κ3) is 3.84. The zero-order chi connectivity index (χ0) is 11.6. The van der Waals surface area contributed by atoms with Gasteiger partial charge in [0.1, 0.15) is 5.82 Å². The van der Waals surface area contributed by atoms with Crippen LogP contribution < -0.4 is 5.73 Å². The van der Waals surface area contributed by atoms with Crippen molar-refractivity contribution in [3.8, 4) is 0 Å². The Morgan fingerprint density at radius 1 is 1.38 bits per heavy atom. The molecule has 0 spiro atoms. The maximum atomic E-state index is 13.4. The minimum Gasteiger partial charge on any atom is -0.391 e. The predicted octanol–water partition coefficient (Wildman–Crippen LogP) is 2.87. The first kappa shape index (κ1) is 16.1. The van der Waals surface area contributed by atoms with Crippen molar-refractivity contribution in [1.82, 2.24) is 0 Å². The summed E-state index contributed by atoms with van der Waals surface area (Å²) in [5, 5.41) is 9.77. The SMILES string of the molecule is CC(C)[C@@H](O)[C@@H](N)c1cc(I)ccc1F.Cl. The third-order valence-electron chi connectivity index (χ3n) is 2.37. The fraction of sp³-hybridized carbons (Fsp3) is 0.455. The Kier molecular flexibility index (Phi) is 6.77. The summed E-state index contributed by atoms with van der Waals surface area (Å²) in [6.45, 7) is 3.71. The Morgan fingerprint density at radius 2 is 1.94 bits per heavy atom. The number of halogens is 3. The molecule has 0 radical (unpaired) electrons. The molecular formula is C11H16ClFINO. The molecule has 0 fully saturated rings. The molecule has 0 saturated heterocycles. The van der Waals surface area contributed by atoms with Crippen LogP contribution in [-0.4, -0.2) is 11.2 Å². The Balaban J connectivity index is 0.00000225. The second kappa shape index (κ2) is 6.74. The van der Waals surface area contributed by atoms with Crippen LogP contribution in [0.3, 0.4) is 0 Å². The highest BCUT2D eigenvalue weighted by atomic mass is 127. The van der Waals surface area contributed by atoms with Gasteiger partial charge in [0, 0.05) is 9.13 Å². The molecule has 5 heteroatoms. The van der Waals surface area contributed by atoms with Gasteiger partial charge in [-0.1, -0.05) is 13.8 Å². The molecule has 1 rings (SSSR count). The van der Waals surface area contributed by atoms with Gasteiger partial charge >= 0.3 is 0 Å². The summed E-state index contributed by atoms with van der Waals surface area (Å²) in [7, 11) is 0. The lowest BCUT2D eigenvalue weighted by atomic mass is 9.94. The molecule has 3 N–H and O–H groups in total. The van der Waals surface area contributed by atoms with Crippen molar-refractivity contribution >= 4 is 35.0 Å². The maximum absolute atomic E-state index is 13.4. The second-order valence-corrected chi connectivity index (χ2v) is 5.17. The lowest BCUT2D eigenvalue weighted by molar-refractivity contribution is 0.0966. The van der Waals surface area contributed by atoms with Crippen molar-refractivity contribution in [3.05, 3.63) is 33.1 Å². The molecule has 0 heterocycles. The fourth-order valence-corrected chi connectivity index (χ4v) is 1.88. The van der Waals surface area contributed by atoms with Crippen LogP contribution in [0.15, 0.2) is 18.2 Å². The summed E-state index contributed by atoms with van der Waals surface area (Å²) in [5.41, 5.74) is 6.19. The summed E-state index contributed by atoms with van der Waals surface area (Å²) in [5.74, 6) is -0.347. The average molecular weight is 360 g/mol. The fourth-order valence-electron chi connectivity index (χ4n) is 1.37. The molecule has 0 unspecified atom stereocenters. The third-order valence-corrected chi connectivity index (χ3v) is 3.04. The number of benzene rings is 1. The van der Waals surface area contributed by atoms with E-state index in [9.17, 15) is 9.50 Å². The average Bonchev–Trinajstić information content (AvgIpc) is 2.19. The van der Waals surface area contributed by atoms with Crippen molar-refractivity contribution in [2.45, 2.75) is 26.0 Å². The van der Waals surface area contributed by atoms with Crippen molar-refractivity contribution in [2.75, 3.05) is 0 Å². The number of aliphatic hydroxyl groups is 1. The molecule has 16 heavy (non-hydrogen) atoms. The molecule has 2 atom stereocenters. The van der Waals surface area contributed by atoms with E-state index in [-0.39, 0.29) is 24.1 Å². The normalized spacial score (nSPS) is 14.4. The maximum Gasteiger partial charge on any atom is 0.128 e. The van der Waals surface area contributed by atoms with E-state index in [1.54, 1.807) is 12.1 Å². The monoisotopic (exact) mass is 359 g/mol. The lowest BCUT2D eigenvalue weighted by Crippen LogP contribution is -2.31. The van der Waals surface area contributed by atoms with E-state index in [2.05, 4.69) is 22.6 Å². The molecular weight excluding hydrogens is 343 g/mol. The van der Waals surface area contributed by atoms with Crippen molar-refractivity contribution < 1.29 is 9.50 Å². The topological polar surface area (TPSA) is 46.2 Å². The summed E-state index contributed by atoms with van der Waals surface area (Å²) in [4.78, 5) is 0. The molecule has 0 aliphatic heterocycles. The van der Waals surface area contributed by atoms with E-state index in [0.717, 1.165) is 3.57 Å². The van der Waals surface area contributed by atoms with Crippen LogP contribution in [0.4, 0.5) is 4.39 Å². The van der Waals surface area contributed by atoms with Gasteiger partial charge in [-0.05, 0) is 46.7 Å². The van der Waals surface area contributed by atoms with Gasteiger partial charge in [0.15, 0.2) is 0 Å². The minimum absolute atomic E-state index is 0. The summed E-state index contributed by atoms with van der Waals surface area (Å²) >= 11 is 2.09. The second-order valence-electron chi connectivity index (χ2n) is 3.93. The van der Waals surface area contributed by atoms with E-state index >= 15 is 0 Å². The van der Waals surface area contributed by atoms with E-state index in [1.807, 2.05) is 13.8 Å². The number of hydrogen-bond donors (Lipinski definition) is 2. The van der Waals surface area contributed by atoms with Gasteiger partial charge in [0.05, 0.1) is 12.1 Å². The molecule has 0 amide bonds. The van der Waals surface area contributed by atoms with Crippen LogP contribution in [0.1, 0.15) is 25.5 Å². The van der Waals surface area contributed by atoms with Gasteiger partial charge in [-0.2, -0.15) is 0 Å². The van der Waals surface area contributed by atoms with Gasteiger partial charge in [-0.3, -0.25) is 0 Å². The summed E-state index contributed by atoms with van der Waals surface area (Å²) < 4.78 is 14.4. The first-order chi connectivity index (χ1) is 6.93. The molecule has 1 aromatic carbocycles. The zero-order valence-electron chi connectivity index (χ0n) is 9.15. The Morgan fingerprint density at radius 3 is 2.44 bits per heavy atom. The molecule has 92 valence electrons. The summed E-state index contributed by atoms with van der Waals surface area (Å²) in [6.07, 6.45) is -0.724. The number of aliphatic hydroxyl groups excluding tert-OH is 1. The van der Waals surface area contributed by atoms with Crippen LogP contribution in [0.5, 0.6) is 0 Å². The molecule has 0 aromatic heterocycles. The van der Waals surface area contributed by atoms with Crippen LogP contribution in [0.25, 0.3) is 0 Å². The highest BCUT2D eigenvalue weighted by molar-refractivity contribution is 14.1. The van der Waals surface area contributed by atoms with Gasteiger partial charge in [0.25, 0.3) is 0 Å². The first-order valence-corrected chi connectivity index (χ1v) is 5.90. The Hall–Kier alpha value is 0.0900. The van der Waals surface area contributed by atoms with Crippen molar-refractivity contribution in [2.24, 2.45) is 11.7 Å². The van der Waals surface area contributed by atoms with Gasteiger partial charge < -0.3 is 10.8 Å². The molecule has 0 saturated carbocycles.